The lowest BCUT2D eigenvalue weighted by Crippen LogP contribution is -2.34. The molecule has 2 fully saturated rings. The second-order valence-electron chi connectivity index (χ2n) is 7.45. The summed E-state index contributed by atoms with van der Waals surface area (Å²) in [6, 6.07) is 16.4. The molecule has 0 aliphatic carbocycles. The van der Waals surface area contributed by atoms with Crippen LogP contribution in [0.2, 0.25) is 0 Å². The zero-order valence-electron chi connectivity index (χ0n) is 14.8. The number of amides is 1. The maximum absolute atomic E-state index is 13.4. The van der Waals surface area contributed by atoms with Crippen LogP contribution in [0, 0.1) is 18.8 Å². The van der Waals surface area contributed by atoms with E-state index in [1.54, 1.807) is 0 Å². The minimum absolute atomic E-state index is 0.113. The average molecular weight is 346 g/mol. The van der Waals surface area contributed by atoms with Gasteiger partial charge in [0.25, 0.3) is 5.91 Å². The molecule has 3 heterocycles. The van der Waals surface area contributed by atoms with Gasteiger partial charge in [-0.3, -0.25) is 4.79 Å². The van der Waals surface area contributed by atoms with Crippen LogP contribution >= 0.6 is 0 Å². The predicted molar refractivity (Wildman–Crippen MR) is 101 cm³/mol. The molecule has 2 N–H and O–H groups in total. The van der Waals surface area contributed by atoms with E-state index in [0.29, 0.717) is 11.8 Å². The van der Waals surface area contributed by atoms with Gasteiger partial charge in [-0.25, -0.2) is 4.98 Å². The van der Waals surface area contributed by atoms with Crippen LogP contribution in [-0.4, -0.2) is 40.4 Å². The molecule has 2 aromatic carbocycles. The standard InChI is InChI=1S/C21H22N4O/c1-13-23-18-8-7-15(9-19(18)24-13)21(26)25-12-16-10-22-11-17(16)20(25)14-5-3-2-4-6-14/h2-9,16-17,20,22H,10-12H2,1H3,(H,23,24)/t16-,17-,20-/m0/s1. The normalized spacial score (nSPS) is 25.0. The summed E-state index contributed by atoms with van der Waals surface area (Å²) in [5.41, 5.74) is 3.79. The Labute approximate surface area is 152 Å². The van der Waals surface area contributed by atoms with E-state index in [1.807, 2.05) is 31.2 Å². The van der Waals surface area contributed by atoms with Gasteiger partial charge in [-0.2, -0.15) is 0 Å². The van der Waals surface area contributed by atoms with Crippen molar-refractivity contribution in [2.45, 2.75) is 13.0 Å². The van der Waals surface area contributed by atoms with Crippen LogP contribution in [0.5, 0.6) is 0 Å². The second kappa shape index (κ2) is 5.95. The highest BCUT2D eigenvalue weighted by atomic mass is 16.2. The number of nitrogens with zero attached hydrogens (tertiary/aromatic N) is 2. The van der Waals surface area contributed by atoms with E-state index in [2.05, 4.69) is 44.5 Å². The summed E-state index contributed by atoms with van der Waals surface area (Å²) in [6.45, 7) is 4.72. The van der Waals surface area contributed by atoms with Crippen molar-refractivity contribution in [3.63, 3.8) is 0 Å². The Hall–Kier alpha value is -2.66. The zero-order valence-corrected chi connectivity index (χ0v) is 14.8. The van der Waals surface area contributed by atoms with Gasteiger partial charge in [-0.1, -0.05) is 30.3 Å². The molecule has 1 aromatic heterocycles. The van der Waals surface area contributed by atoms with Crippen LogP contribution in [0.1, 0.15) is 27.8 Å². The molecule has 26 heavy (non-hydrogen) atoms. The molecule has 5 nitrogen and oxygen atoms in total. The highest BCUT2D eigenvalue weighted by molar-refractivity contribution is 5.97. The Kier molecular flexibility index (Phi) is 3.57. The summed E-state index contributed by atoms with van der Waals surface area (Å²) < 4.78 is 0. The molecular weight excluding hydrogens is 324 g/mol. The molecule has 0 saturated carbocycles. The molecule has 0 unspecified atom stereocenters. The van der Waals surface area contributed by atoms with Crippen molar-refractivity contribution < 1.29 is 4.79 Å². The third-order valence-electron chi connectivity index (χ3n) is 5.81. The number of aromatic nitrogens is 2. The molecule has 2 aliphatic heterocycles. The van der Waals surface area contributed by atoms with E-state index in [0.717, 1.165) is 42.1 Å². The van der Waals surface area contributed by atoms with Crippen molar-refractivity contribution in [1.82, 2.24) is 20.2 Å². The number of rotatable bonds is 2. The minimum atomic E-state index is 0.113. The quantitative estimate of drug-likeness (QED) is 0.750. The number of benzene rings is 2. The SMILES string of the molecule is Cc1nc2ccc(C(=O)N3C[C@@H]4CNC[C@@H]4[C@@H]3c3ccccc3)cc2[nH]1. The number of carbonyl (C=O) groups excluding carboxylic acids is 1. The van der Waals surface area contributed by atoms with Gasteiger partial charge in [0.05, 0.1) is 17.1 Å². The van der Waals surface area contributed by atoms with Crippen LogP contribution in [0.25, 0.3) is 11.0 Å². The summed E-state index contributed by atoms with van der Waals surface area (Å²) in [7, 11) is 0. The Morgan fingerprint density at radius 1 is 1.15 bits per heavy atom. The lowest BCUT2D eigenvalue weighted by molar-refractivity contribution is 0.0714. The highest BCUT2D eigenvalue weighted by Gasteiger charge is 2.46. The van der Waals surface area contributed by atoms with E-state index in [9.17, 15) is 4.79 Å². The lowest BCUT2D eigenvalue weighted by Gasteiger charge is -2.28. The van der Waals surface area contributed by atoms with E-state index in [-0.39, 0.29) is 11.9 Å². The van der Waals surface area contributed by atoms with Crippen LogP contribution in [0.15, 0.2) is 48.5 Å². The van der Waals surface area contributed by atoms with Gasteiger partial charge < -0.3 is 15.2 Å². The average Bonchev–Trinajstić information content (AvgIpc) is 3.33. The number of carbonyl (C=O) groups is 1. The molecule has 3 atom stereocenters. The summed E-state index contributed by atoms with van der Waals surface area (Å²) >= 11 is 0. The fraction of sp³-hybridized carbons (Fsp3) is 0.333. The molecule has 5 rings (SSSR count). The van der Waals surface area contributed by atoms with Crippen molar-refractivity contribution in [2.24, 2.45) is 11.8 Å². The largest absolute Gasteiger partial charge is 0.342 e. The van der Waals surface area contributed by atoms with Crippen molar-refractivity contribution in [3.8, 4) is 0 Å². The Balaban J connectivity index is 1.52. The summed E-state index contributed by atoms with van der Waals surface area (Å²) in [4.78, 5) is 23.1. The molecule has 3 aromatic rings. The number of likely N-dealkylation sites (tertiary alicyclic amines) is 1. The number of imidazole rings is 1. The van der Waals surface area contributed by atoms with Gasteiger partial charge >= 0.3 is 0 Å². The summed E-state index contributed by atoms with van der Waals surface area (Å²) in [5.74, 6) is 2.00. The molecular formula is C21H22N4O. The molecule has 0 radical (unpaired) electrons. The van der Waals surface area contributed by atoms with Gasteiger partial charge in [0.1, 0.15) is 5.82 Å². The molecule has 1 amide bonds. The van der Waals surface area contributed by atoms with E-state index in [1.165, 1.54) is 5.56 Å². The number of fused-ring (bicyclic) bond motifs is 2. The fourth-order valence-corrected chi connectivity index (χ4v) is 4.64. The number of hydrogen-bond acceptors (Lipinski definition) is 3. The van der Waals surface area contributed by atoms with Crippen molar-refractivity contribution >= 4 is 16.9 Å². The number of H-pyrrole nitrogens is 1. The van der Waals surface area contributed by atoms with Crippen LogP contribution in [0.3, 0.4) is 0 Å². The molecule has 2 saturated heterocycles. The van der Waals surface area contributed by atoms with Gasteiger partial charge in [-0.15, -0.1) is 0 Å². The van der Waals surface area contributed by atoms with E-state index in [4.69, 9.17) is 0 Å². The van der Waals surface area contributed by atoms with Crippen LogP contribution in [0.4, 0.5) is 0 Å². The van der Waals surface area contributed by atoms with Crippen LogP contribution < -0.4 is 5.32 Å². The summed E-state index contributed by atoms with van der Waals surface area (Å²) in [6.07, 6.45) is 0. The maximum Gasteiger partial charge on any atom is 0.254 e. The van der Waals surface area contributed by atoms with E-state index >= 15 is 0 Å². The van der Waals surface area contributed by atoms with E-state index < -0.39 is 0 Å². The van der Waals surface area contributed by atoms with Gasteiger partial charge in [0.2, 0.25) is 0 Å². The first-order chi connectivity index (χ1) is 12.7. The maximum atomic E-state index is 13.4. The van der Waals surface area contributed by atoms with Gasteiger partial charge in [0, 0.05) is 31.1 Å². The number of nitrogens with one attached hydrogen (secondary N) is 2. The molecule has 5 heteroatoms. The Morgan fingerprint density at radius 2 is 2.00 bits per heavy atom. The second-order valence-corrected chi connectivity index (χ2v) is 7.45. The zero-order chi connectivity index (χ0) is 17.7. The van der Waals surface area contributed by atoms with Crippen molar-refractivity contribution in [2.75, 3.05) is 19.6 Å². The van der Waals surface area contributed by atoms with Gasteiger partial charge in [0.15, 0.2) is 0 Å². The van der Waals surface area contributed by atoms with Crippen molar-refractivity contribution in [3.05, 3.63) is 65.5 Å². The van der Waals surface area contributed by atoms with Gasteiger partial charge in [-0.05, 0) is 36.6 Å². The minimum Gasteiger partial charge on any atom is -0.342 e. The summed E-state index contributed by atoms with van der Waals surface area (Å²) in [5, 5.41) is 3.50. The molecule has 2 aliphatic rings. The first-order valence-corrected chi connectivity index (χ1v) is 9.24. The Morgan fingerprint density at radius 3 is 2.85 bits per heavy atom. The molecule has 0 bridgehead atoms. The molecule has 0 spiro atoms. The fourth-order valence-electron chi connectivity index (χ4n) is 4.64. The van der Waals surface area contributed by atoms with Crippen LogP contribution in [-0.2, 0) is 0 Å². The van der Waals surface area contributed by atoms with Crippen molar-refractivity contribution in [1.29, 1.82) is 0 Å². The Bertz CT molecular complexity index is 965. The first kappa shape index (κ1) is 15.6. The smallest absolute Gasteiger partial charge is 0.254 e. The molecule has 132 valence electrons. The third-order valence-corrected chi connectivity index (χ3v) is 5.81. The third kappa shape index (κ3) is 2.42. The lowest BCUT2D eigenvalue weighted by atomic mass is 9.89. The number of aromatic amines is 1. The number of hydrogen-bond donors (Lipinski definition) is 2. The monoisotopic (exact) mass is 346 g/mol. The number of aryl methyl sites for hydroxylation is 1. The highest BCUT2D eigenvalue weighted by Crippen LogP contribution is 2.43. The topological polar surface area (TPSA) is 61.0 Å². The first-order valence-electron chi connectivity index (χ1n) is 9.24. The predicted octanol–water partition coefficient (Wildman–Crippen LogP) is 2.90.